The van der Waals surface area contributed by atoms with Crippen LogP contribution in [0.3, 0.4) is 0 Å². The number of carbonyl (C=O) groups is 1. The molecule has 15 heavy (non-hydrogen) atoms. The minimum absolute atomic E-state index is 0.162. The second kappa shape index (κ2) is 4.41. The lowest BCUT2D eigenvalue weighted by atomic mass is 10.1. The fourth-order valence-corrected chi connectivity index (χ4v) is 1.87. The lowest BCUT2D eigenvalue weighted by molar-refractivity contribution is 0.1000. The number of hydrogen-bond donors (Lipinski definition) is 2. The van der Waals surface area contributed by atoms with Gasteiger partial charge in [0.15, 0.2) is 0 Å². The number of nitrogens with two attached hydrogens (primary N) is 1. The van der Waals surface area contributed by atoms with Crippen molar-refractivity contribution in [1.82, 2.24) is 4.72 Å². The molecule has 0 aromatic heterocycles. The highest BCUT2D eigenvalue weighted by atomic mass is 32.2. The van der Waals surface area contributed by atoms with Crippen molar-refractivity contribution in [3.8, 4) is 0 Å². The Hall–Kier alpha value is -1.40. The molecule has 0 unspecified atom stereocenters. The Kier molecular flexibility index (Phi) is 3.43. The van der Waals surface area contributed by atoms with Gasteiger partial charge in [-0.2, -0.15) is 0 Å². The molecule has 0 fully saturated rings. The highest BCUT2D eigenvalue weighted by molar-refractivity contribution is 7.88. The van der Waals surface area contributed by atoms with E-state index in [0.717, 1.165) is 0 Å². The van der Waals surface area contributed by atoms with Crippen LogP contribution >= 0.6 is 0 Å². The molecule has 0 spiro atoms. The van der Waals surface area contributed by atoms with Crippen molar-refractivity contribution in [3.05, 3.63) is 35.4 Å². The third kappa shape index (κ3) is 3.34. The van der Waals surface area contributed by atoms with E-state index < -0.39 is 15.9 Å². The first-order valence-corrected chi connectivity index (χ1v) is 5.90. The molecule has 3 N–H and O–H groups in total. The molecule has 0 aliphatic heterocycles. The van der Waals surface area contributed by atoms with E-state index in [1.807, 2.05) is 0 Å². The molecular formula is C9H12N2O3S. The Bertz CT molecular complexity index is 468. The van der Waals surface area contributed by atoms with Crippen LogP contribution in [0.25, 0.3) is 0 Å². The molecule has 0 saturated carbocycles. The van der Waals surface area contributed by atoms with Gasteiger partial charge in [-0.3, -0.25) is 4.79 Å². The van der Waals surface area contributed by atoms with Crippen LogP contribution in [0, 0.1) is 0 Å². The maximum atomic E-state index is 11.2. The second-order valence-corrected chi connectivity index (χ2v) is 4.95. The SMILES string of the molecule is CNS(=O)(=O)Cc1cccc(C(N)=O)c1. The Balaban J connectivity index is 2.97. The van der Waals surface area contributed by atoms with Crippen molar-refractivity contribution < 1.29 is 13.2 Å². The Labute approximate surface area is 88.3 Å². The van der Waals surface area contributed by atoms with Gasteiger partial charge in [-0.05, 0) is 24.7 Å². The summed E-state index contributed by atoms with van der Waals surface area (Å²) in [7, 11) is -1.98. The molecule has 0 saturated heterocycles. The summed E-state index contributed by atoms with van der Waals surface area (Å²) < 4.78 is 24.6. The zero-order valence-electron chi connectivity index (χ0n) is 8.23. The number of benzene rings is 1. The summed E-state index contributed by atoms with van der Waals surface area (Å²) in [5, 5.41) is 0. The molecule has 6 heteroatoms. The Morgan fingerprint density at radius 2 is 2.13 bits per heavy atom. The van der Waals surface area contributed by atoms with Crippen molar-refractivity contribution in [2.75, 3.05) is 7.05 Å². The van der Waals surface area contributed by atoms with E-state index >= 15 is 0 Å². The number of primary amides is 1. The predicted molar refractivity (Wildman–Crippen MR) is 56.6 cm³/mol. The van der Waals surface area contributed by atoms with Crippen molar-refractivity contribution >= 4 is 15.9 Å². The quantitative estimate of drug-likeness (QED) is 0.750. The number of amides is 1. The van der Waals surface area contributed by atoms with Gasteiger partial charge in [0.2, 0.25) is 15.9 Å². The Morgan fingerprint density at radius 3 is 2.67 bits per heavy atom. The first-order chi connectivity index (χ1) is 6.94. The van der Waals surface area contributed by atoms with Gasteiger partial charge >= 0.3 is 0 Å². The maximum Gasteiger partial charge on any atom is 0.248 e. The highest BCUT2D eigenvalue weighted by Gasteiger charge is 2.09. The van der Waals surface area contributed by atoms with Crippen LogP contribution in [0.15, 0.2) is 24.3 Å². The second-order valence-electron chi connectivity index (χ2n) is 3.03. The first kappa shape index (κ1) is 11.7. The molecular weight excluding hydrogens is 216 g/mol. The summed E-state index contributed by atoms with van der Waals surface area (Å²) in [6.07, 6.45) is 0. The van der Waals surface area contributed by atoms with Crippen molar-refractivity contribution in [2.24, 2.45) is 5.73 Å². The molecule has 0 aliphatic carbocycles. The van der Waals surface area contributed by atoms with Gasteiger partial charge in [0.1, 0.15) is 0 Å². The van der Waals surface area contributed by atoms with E-state index in [1.54, 1.807) is 12.1 Å². The van der Waals surface area contributed by atoms with E-state index in [4.69, 9.17) is 5.73 Å². The molecule has 0 aliphatic rings. The van der Waals surface area contributed by atoms with Gasteiger partial charge in [-0.25, -0.2) is 13.1 Å². The third-order valence-electron chi connectivity index (χ3n) is 1.88. The van der Waals surface area contributed by atoms with Crippen LogP contribution < -0.4 is 10.5 Å². The van der Waals surface area contributed by atoms with Crippen molar-refractivity contribution in [3.63, 3.8) is 0 Å². The summed E-state index contributed by atoms with van der Waals surface area (Å²) in [6.45, 7) is 0. The van der Waals surface area contributed by atoms with Gasteiger partial charge < -0.3 is 5.73 Å². The fourth-order valence-electron chi connectivity index (χ4n) is 1.11. The minimum Gasteiger partial charge on any atom is -0.366 e. The van der Waals surface area contributed by atoms with Crippen LogP contribution in [0.1, 0.15) is 15.9 Å². The molecule has 0 radical (unpaired) electrons. The zero-order valence-corrected chi connectivity index (χ0v) is 9.04. The summed E-state index contributed by atoms with van der Waals surface area (Å²) >= 11 is 0. The molecule has 1 amide bonds. The molecule has 5 nitrogen and oxygen atoms in total. The number of sulfonamides is 1. The molecule has 0 bridgehead atoms. The third-order valence-corrected chi connectivity index (χ3v) is 3.21. The topological polar surface area (TPSA) is 89.3 Å². The van der Waals surface area contributed by atoms with Gasteiger partial charge in [0.25, 0.3) is 0 Å². The van der Waals surface area contributed by atoms with E-state index in [9.17, 15) is 13.2 Å². The van der Waals surface area contributed by atoms with Gasteiger partial charge in [-0.1, -0.05) is 12.1 Å². The predicted octanol–water partition coefficient (Wildman–Crippen LogP) is -0.165. The normalized spacial score (nSPS) is 11.3. The standard InChI is InChI=1S/C9H12N2O3S/c1-11-15(13,14)6-7-3-2-4-8(5-7)9(10)12/h2-5,11H,6H2,1H3,(H2,10,12). The van der Waals surface area contributed by atoms with E-state index in [-0.39, 0.29) is 5.75 Å². The monoisotopic (exact) mass is 228 g/mol. The van der Waals surface area contributed by atoms with E-state index in [1.165, 1.54) is 19.2 Å². The van der Waals surface area contributed by atoms with Crippen LogP contribution in [-0.2, 0) is 15.8 Å². The van der Waals surface area contributed by atoms with Crippen LogP contribution in [0.4, 0.5) is 0 Å². The fraction of sp³-hybridized carbons (Fsp3) is 0.222. The molecule has 1 rings (SSSR count). The van der Waals surface area contributed by atoms with Crippen LogP contribution in [-0.4, -0.2) is 21.4 Å². The molecule has 1 aromatic rings. The number of hydrogen-bond acceptors (Lipinski definition) is 3. The average Bonchev–Trinajstić information content (AvgIpc) is 2.17. The smallest absolute Gasteiger partial charge is 0.248 e. The van der Waals surface area contributed by atoms with Crippen molar-refractivity contribution in [1.29, 1.82) is 0 Å². The molecule has 1 aromatic carbocycles. The minimum atomic E-state index is -3.32. The largest absolute Gasteiger partial charge is 0.366 e. The molecule has 0 heterocycles. The van der Waals surface area contributed by atoms with Gasteiger partial charge in [-0.15, -0.1) is 0 Å². The molecule has 0 atom stereocenters. The summed E-state index contributed by atoms with van der Waals surface area (Å²) in [4.78, 5) is 10.8. The summed E-state index contributed by atoms with van der Waals surface area (Å²) in [6, 6.07) is 6.23. The summed E-state index contributed by atoms with van der Waals surface area (Å²) in [5.41, 5.74) is 5.91. The zero-order chi connectivity index (χ0) is 11.5. The lowest BCUT2D eigenvalue weighted by Gasteiger charge is -2.03. The Morgan fingerprint density at radius 1 is 1.47 bits per heavy atom. The van der Waals surface area contributed by atoms with Gasteiger partial charge in [0.05, 0.1) is 5.75 Å². The van der Waals surface area contributed by atoms with Gasteiger partial charge in [0, 0.05) is 5.56 Å². The molecule has 82 valence electrons. The number of rotatable bonds is 4. The van der Waals surface area contributed by atoms with Crippen molar-refractivity contribution in [2.45, 2.75) is 5.75 Å². The summed E-state index contributed by atoms with van der Waals surface area (Å²) in [5.74, 6) is -0.733. The average molecular weight is 228 g/mol. The number of carbonyl (C=O) groups excluding carboxylic acids is 1. The maximum absolute atomic E-state index is 11.2. The van der Waals surface area contributed by atoms with E-state index in [2.05, 4.69) is 4.72 Å². The number of nitrogens with one attached hydrogen (secondary N) is 1. The highest BCUT2D eigenvalue weighted by Crippen LogP contribution is 2.07. The van der Waals surface area contributed by atoms with Crippen LogP contribution in [0.5, 0.6) is 0 Å². The van der Waals surface area contributed by atoms with Crippen LogP contribution in [0.2, 0.25) is 0 Å². The lowest BCUT2D eigenvalue weighted by Crippen LogP contribution is -2.20. The van der Waals surface area contributed by atoms with E-state index in [0.29, 0.717) is 11.1 Å². The first-order valence-electron chi connectivity index (χ1n) is 4.24.